The van der Waals surface area contributed by atoms with Gasteiger partial charge in [0, 0.05) is 11.0 Å². The maximum Gasteiger partial charge on any atom is 0.0182 e. The van der Waals surface area contributed by atoms with E-state index in [9.17, 15) is 0 Å². The number of hydrogen-bond donors (Lipinski definition) is 1. The molecule has 0 aliphatic carbocycles. The normalized spacial score (nSPS) is 22.8. The highest BCUT2D eigenvalue weighted by Crippen LogP contribution is 2.40. The fourth-order valence-corrected chi connectivity index (χ4v) is 4.06. The molecule has 1 aliphatic rings. The van der Waals surface area contributed by atoms with Gasteiger partial charge in [0.2, 0.25) is 0 Å². The first kappa shape index (κ1) is 13.1. The maximum atomic E-state index is 3.97. The highest BCUT2D eigenvalue weighted by molar-refractivity contribution is 8.77. The van der Waals surface area contributed by atoms with Crippen LogP contribution >= 0.6 is 34.2 Å². The third-order valence-corrected chi connectivity index (χ3v) is 4.64. The molecule has 1 aliphatic heterocycles. The van der Waals surface area contributed by atoms with Crippen molar-refractivity contribution in [1.29, 1.82) is 0 Å². The number of thiol groups is 1. The van der Waals surface area contributed by atoms with Gasteiger partial charge in [-0.15, -0.1) is 0 Å². The molecular weight excluding hydrogens is 204 g/mol. The monoisotopic (exact) mass is 224 g/mol. The molecule has 12 heavy (non-hydrogen) atoms. The maximum absolute atomic E-state index is 3.97. The topological polar surface area (TPSA) is 0 Å². The summed E-state index contributed by atoms with van der Waals surface area (Å²) < 4.78 is 0. The van der Waals surface area contributed by atoms with Crippen molar-refractivity contribution in [3.63, 3.8) is 0 Å². The van der Waals surface area contributed by atoms with Crippen LogP contribution in [0, 0.1) is 5.92 Å². The summed E-state index contributed by atoms with van der Waals surface area (Å²) in [5.41, 5.74) is 0. The van der Waals surface area contributed by atoms with Gasteiger partial charge in [-0.2, -0.15) is 12.6 Å². The summed E-state index contributed by atoms with van der Waals surface area (Å²) in [7, 11) is 4.09. The van der Waals surface area contributed by atoms with Crippen LogP contribution < -0.4 is 0 Å². The first-order valence-electron chi connectivity index (χ1n) is 4.50. The van der Waals surface area contributed by atoms with Crippen LogP contribution in [0.15, 0.2) is 0 Å². The minimum Gasteiger partial charge on any atom is -0.177 e. The lowest BCUT2D eigenvalue weighted by molar-refractivity contribution is 0.603. The molecule has 0 saturated carbocycles. The van der Waals surface area contributed by atoms with Gasteiger partial charge in [0.1, 0.15) is 0 Å². The molecule has 1 atom stereocenters. The molecule has 0 radical (unpaired) electrons. The molecule has 0 spiro atoms. The Balaban J connectivity index is 0.000000261. The second-order valence-corrected chi connectivity index (χ2v) is 7.34. The van der Waals surface area contributed by atoms with Crippen molar-refractivity contribution in [2.75, 3.05) is 5.75 Å². The van der Waals surface area contributed by atoms with Gasteiger partial charge in [0.05, 0.1) is 0 Å². The fraction of sp³-hybridized carbons (Fsp3) is 1.00. The molecule has 0 aromatic rings. The zero-order chi connectivity index (χ0) is 9.56. The summed E-state index contributed by atoms with van der Waals surface area (Å²) >= 11 is 3.97. The molecule has 1 heterocycles. The van der Waals surface area contributed by atoms with Gasteiger partial charge in [-0.05, 0) is 17.6 Å². The van der Waals surface area contributed by atoms with Crippen molar-refractivity contribution in [3.8, 4) is 0 Å². The zero-order valence-corrected chi connectivity index (χ0v) is 10.9. The Kier molecular flexibility index (Phi) is 8.11. The lowest BCUT2D eigenvalue weighted by Gasteiger charge is -2.09. The Morgan fingerprint density at radius 2 is 1.75 bits per heavy atom. The van der Waals surface area contributed by atoms with Crippen molar-refractivity contribution >= 4 is 34.2 Å². The molecule has 1 unspecified atom stereocenters. The van der Waals surface area contributed by atoms with Crippen molar-refractivity contribution in [2.45, 2.75) is 44.6 Å². The van der Waals surface area contributed by atoms with Gasteiger partial charge in [0.25, 0.3) is 0 Å². The number of rotatable bonds is 1. The van der Waals surface area contributed by atoms with Crippen LogP contribution in [-0.2, 0) is 0 Å². The molecule has 3 heteroatoms. The van der Waals surface area contributed by atoms with Crippen molar-refractivity contribution in [3.05, 3.63) is 0 Å². The smallest absolute Gasteiger partial charge is 0.0182 e. The van der Waals surface area contributed by atoms with E-state index >= 15 is 0 Å². The molecular formula is C9H20S3. The van der Waals surface area contributed by atoms with Gasteiger partial charge in [-0.3, -0.25) is 0 Å². The Hall–Kier alpha value is 1.05. The van der Waals surface area contributed by atoms with E-state index in [-0.39, 0.29) is 0 Å². The van der Waals surface area contributed by atoms with Gasteiger partial charge in [0.15, 0.2) is 0 Å². The summed E-state index contributed by atoms with van der Waals surface area (Å²) in [6.07, 6.45) is 1.42. The average molecular weight is 224 g/mol. The van der Waals surface area contributed by atoms with E-state index in [0.717, 1.165) is 11.2 Å². The van der Waals surface area contributed by atoms with E-state index in [2.05, 4.69) is 37.3 Å². The quantitative estimate of drug-likeness (QED) is 0.525. The molecule has 0 N–H and O–H groups in total. The highest BCUT2D eigenvalue weighted by atomic mass is 33.1. The molecule has 0 nitrogen and oxygen atoms in total. The summed E-state index contributed by atoms with van der Waals surface area (Å²) in [6, 6.07) is 0. The molecule has 0 amide bonds. The van der Waals surface area contributed by atoms with Gasteiger partial charge in [-0.1, -0.05) is 49.3 Å². The van der Waals surface area contributed by atoms with E-state index in [1.54, 1.807) is 0 Å². The van der Waals surface area contributed by atoms with E-state index in [1.807, 2.05) is 24.6 Å². The predicted molar refractivity (Wildman–Crippen MR) is 67.4 cm³/mol. The van der Waals surface area contributed by atoms with Crippen LogP contribution in [0.1, 0.15) is 34.1 Å². The van der Waals surface area contributed by atoms with Crippen molar-refractivity contribution in [2.24, 2.45) is 5.92 Å². The summed E-state index contributed by atoms with van der Waals surface area (Å²) in [5, 5.41) is 1.47. The lowest BCUT2D eigenvalue weighted by atomic mass is 10.1. The third-order valence-electron chi connectivity index (χ3n) is 1.42. The first-order chi connectivity index (χ1) is 5.54. The standard InChI is InChI=1S/C6H12S2.C3H8S/c1-5(2)6-3-4-7-8-6;1-3(2)4/h5-6H,3-4H2,1-2H3;3-4H,1-2H3. The van der Waals surface area contributed by atoms with Gasteiger partial charge >= 0.3 is 0 Å². The van der Waals surface area contributed by atoms with E-state index in [1.165, 1.54) is 12.2 Å². The molecule has 1 fully saturated rings. The van der Waals surface area contributed by atoms with Crippen LogP contribution in [0.5, 0.6) is 0 Å². The van der Waals surface area contributed by atoms with E-state index in [0.29, 0.717) is 5.25 Å². The Morgan fingerprint density at radius 1 is 1.25 bits per heavy atom. The minimum absolute atomic E-state index is 0.528. The largest absolute Gasteiger partial charge is 0.177 e. The van der Waals surface area contributed by atoms with Gasteiger partial charge < -0.3 is 0 Å². The Morgan fingerprint density at radius 3 is 1.92 bits per heavy atom. The summed E-state index contributed by atoms with van der Waals surface area (Å²) in [5.74, 6) is 2.25. The predicted octanol–water partition coefficient (Wildman–Crippen LogP) is 4.12. The van der Waals surface area contributed by atoms with Crippen LogP contribution in [0.2, 0.25) is 0 Å². The SMILES string of the molecule is CC(C)C1CCSS1.CC(C)S. The van der Waals surface area contributed by atoms with Crippen molar-refractivity contribution < 1.29 is 0 Å². The Bertz CT molecular complexity index is 93.2. The second kappa shape index (κ2) is 7.45. The van der Waals surface area contributed by atoms with Crippen molar-refractivity contribution in [1.82, 2.24) is 0 Å². The molecule has 0 aromatic carbocycles. The lowest BCUT2D eigenvalue weighted by Crippen LogP contribution is -2.05. The zero-order valence-electron chi connectivity index (χ0n) is 8.41. The van der Waals surface area contributed by atoms with E-state index in [4.69, 9.17) is 0 Å². The van der Waals surface area contributed by atoms with Crippen LogP contribution in [0.25, 0.3) is 0 Å². The number of hydrogen-bond acceptors (Lipinski definition) is 3. The molecule has 0 aromatic heterocycles. The van der Waals surface area contributed by atoms with Crippen LogP contribution in [-0.4, -0.2) is 16.3 Å². The fourth-order valence-electron chi connectivity index (χ4n) is 0.792. The third kappa shape index (κ3) is 7.69. The van der Waals surface area contributed by atoms with Gasteiger partial charge in [-0.25, -0.2) is 0 Å². The molecule has 1 saturated heterocycles. The van der Waals surface area contributed by atoms with Crippen LogP contribution in [0.3, 0.4) is 0 Å². The summed E-state index contributed by atoms with van der Waals surface area (Å²) in [6.45, 7) is 8.68. The highest BCUT2D eigenvalue weighted by Gasteiger charge is 2.18. The molecule has 0 bridgehead atoms. The second-order valence-electron chi connectivity index (χ2n) is 3.58. The average Bonchev–Trinajstić information content (AvgIpc) is 2.34. The molecule has 1 rings (SSSR count). The molecule has 74 valence electrons. The summed E-state index contributed by atoms with van der Waals surface area (Å²) in [4.78, 5) is 0. The first-order valence-corrected chi connectivity index (χ1v) is 7.40. The van der Waals surface area contributed by atoms with E-state index < -0.39 is 0 Å². The Labute approximate surface area is 90.5 Å². The van der Waals surface area contributed by atoms with Crippen LogP contribution in [0.4, 0.5) is 0 Å². The minimum atomic E-state index is 0.528.